The summed E-state index contributed by atoms with van der Waals surface area (Å²) >= 11 is 0. The number of halogens is 9. The van der Waals surface area contributed by atoms with E-state index in [0.717, 1.165) is 5.32 Å². The highest BCUT2D eigenvalue weighted by Gasteiger charge is 2.86. The summed E-state index contributed by atoms with van der Waals surface area (Å²) in [6, 6.07) is 0. The molecule has 0 saturated heterocycles. The first-order chi connectivity index (χ1) is 9.04. The van der Waals surface area contributed by atoms with Gasteiger partial charge in [-0.25, -0.2) is 0 Å². The van der Waals surface area contributed by atoms with E-state index in [1.165, 1.54) is 5.32 Å². The zero-order valence-electron chi connectivity index (χ0n) is 10.3. The fraction of sp³-hybridized carbons (Fsp3) is 0.875. The molecule has 0 radical (unpaired) electrons. The summed E-state index contributed by atoms with van der Waals surface area (Å²) in [4.78, 5) is 11.0. The predicted molar refractivity (Wildman–Crippen MR) is 49.0 cm³/mol. The van der Waals surface area contributed by atoms with Crippen LogP contribution in [0.1, 0.15) is 0 Å². The average Bonchev–Trinajstić information content (AvgIpc) is 2.34. The third-order valence-electron chi connectivity index (χ3n) is 2.52. The van der Waals surface area contributed by atoms with Crippen molar-refractivity contribution in [2.45, 2.75) is 29.7 Å². The van der Waals surface area contributed by atoms with Crippen LogP contribution in [0.3, 0.4) is 0 Å². The molecule has 0 aromatic heterocycles. The van der Waals surface area contributed by atoms with E-state index < -0.39 is 35.6 Å². The van der Waals surface area contributed by atoms with Crippen LogP contribution in [0.2, 0.25) is 0 Å². The van der Waals surface area contributed by atoms with Gasteiger partial charge in [0.1, 0.15) is 0 Å². The van der Waals surface area contributed by atoms with Crippen molar-refractivity contribution < 1.29 is 49.4 Å². The van der Waals surface area contributed by atoms with E-state index in [-0.39, 0.29) is 7.05 Å². The van der Waals surface area contributed by atoms with Gasteiger partial charge >= 0.3 is 23.9 Å². The highest BCUT2D eigenvalue weighted by Crippen LogP contribution is 2.55. The van der Waals surface area contributed by atoms with Gasteiger partial charge < -0.3 is 10.4 Å². The predicted octanol–water partition coefficient (Wildman–Crippen LogP) is 1.11. The molecular weight excluding hydrogens is 327 g/mol. The summed E-state index contributed by atoms with van der Waals surface area (Å²) in [5.74, 6) is -23.2. The van der Waals surface area contributed by atoms with Crippen molar-refractivity contribution in [1.82, 2.24) is 10.6 Å². The summed E-state index contributed by atoms with van der Waals surface area (Å²) in [7, 11) is 0.839. The van der Waals surface area contributed by atoms with Crippen LogP contribution < -0.4 is 10.6 Å². The number of nitrogens with one attached hydrogen (secondary N) is 2. The monoisotopic (exact) mass is 336 g/mol. The van der Waals surface area contributed by atoms with Crippen molar-refractivity contribution in [1.29, 1.82) is 0 Å². The van der Waals surface area contributed by atoms with Crippen LogP contribution in [0.15, 0.2) is 0 Å². The van der Waals surface area contributed by atoms with Gasteiger partial charge in [-0.1, -0.05) is 0 Å². The first-order valence-electron chi connectivity index (χ1n) is 4.88. The normalized spacial score (nSPS) is 17.3. The summed E-state index contributed by atoms with van der Waals surface area (Å²) in [5.41, 5.74) is -4.71. The molecule has 0 bridgehead atoms. The molecule has 3 N–H and O–H groups in total. The third kappa shape index (κ3) is 2.52. The third-order valence-corrected chi connectivity index (χ3v) is 2.52. The molecule has 0 saturated carbocycles. The van der Waals surface area contributed by atoms with Crippen LogP contribution in [0.4, 0.5) is 39.5 Å². The molecule has 0 heterocycles. The topological polar surface area (TPSA) is 61.4 Å². The molecule has 0 unspecified atom stereocenters. The molecule has 1 atom stereocenters. The van der Waals surface area contributed by atoms with E-state index in [0.29, 0.717) is 7.05 Å². The Balaban J connectivity index is 6.16. The van der Waals surface area contributed by atoms with Crippen molar-refractivity contribution in [3.05, 3.63) is 0 Å². The van der Waals surface area contributed by atoms with Crippen molar-refractivity contribution in [2.24, 2.45) is 0 Å². The van der Waals surface area contributed by atoms with Gasteiger partial charge in [-0.3, -0.25) is 10.1 Å². The maximum Gasteiger partial charge on any atom is 0.460 e. The fourth-order valence-corrected chi connectivity index (χ4v) is 1.20. The van der Waals surface area contributed by atoms with Gasteiger partial charge in [0.15, 0.2) is 0 Å². The molecule has 0 fully saturated rings. The van der Waals surface area contributed by atoms with Crippen LogP contribution in [0.25, 0.3) is 0 Å². The van der Waals surface area contributed by atoms with Gasteiger partial charge in [0, 0.05) is 7.05 Å². The van der Waals surface area contributed by atoms with Crippen molar-refractivity contribution in [3.8, 4) is 0 Å². The Morgan fingerprint density at radius 3 is 1.43 bits per heavy atom. The Morgan fingerprint density at radius 1 is 0.810 bits per heavy atom. The van der Waals surface area contributed by atoms with Gasteiger partial charge in [-0.15, -0.1) is 0 Å². The molecule has 21 heavy (non-hydrogen) atoms. The van der Waals surface area contributed by atoms with Crippen LogP contribution >= 0.6 is 0 Å². The lowest BCUT2D eigenvalue weighted by Crippen LogP contribution is -2.76. The standard InChI is InChI=1S/C8H9F9N2O2/c1-18-3(20)4(21,19-2)5(9,10)6(11,12)7(13,14)8(15,16)17/h19,21H,1-2H3,(H,18,20)/t4-/m1/s1. The molecule has 126 valence electrons. The Hall–Kier alpha value is -1.24. The van der Waals surface area contributed by atoms with Crippen LogP contribution in [-0.2, 0) is 4.79 Å². The van der Waals surface area contributed by atoms with E-state index in [9.17, 15) is 44.3 Å². The summed E-state index contributed by atoms with van der Waals surface area (Å²) in [6.07, 6.45) is -7.04. The van der Waals surface area contributed by atoms with E-state index in [1.807, 2.05) is 0 Å². The van der Waals surface area contributed by atoms with Crippen LogP contribution in [0, 0.1) is 0 Å². The minimum atomic E-state index is -7.21. The molecule has 0 rings (SSSR count). The highest BCUT2D eigenvalue weighted by molar-refractivity contribution is 5.85. The highest BCUT2D eigenvalue weighted by atomic mass is 19.4. The molecular formula is C8H9F9N2O2. The number of carbonyl (C=O) groups is 1. The fourth-order valence-electron chi connectivity index (χ4n) is 1.20. The zero-order valence-corrected chi connectivity index (χ0v) is 10.3. The van der Waals surface area contributed by atoms with Crippen molar-refractivity contribution >= 4 is 5.91 Å². The number of likely N-dealkylation sites (N-methyl/N-ethyl adjacent to an activating group) is 2. The first-order valence-corrected chi connectivity index (χ1v) is 4.88. The van der Waals surface area contributed by atoms with Crippen LogP contribution in [-0.4, -0.2) is 54.8 Å². The zero-order chi connectivity index (χ0) is 17.5. The number of rotatable bonds is 5. The van der Waals surface area contributed by atoms with Crippen molar-refractivity contribution in [2.75, 3.05) is 14.1 Å². The molecule has 0 aliphatic carbocycles. The number of carbonyl (C=O) groups excluding carboxylic acids is 1. The Morgan fingerprint density at radius 2 is 1.19 bits per heavy atom. The number of hydrogen-bond acceptors (Lipinski definition) is 3. The summed E-state index contributed by atoms with van der Waals surface area (Å²) in [6.45, 7) is 0. The molecule has 1 amide bonds. The maximum atomic E-state index is 13.4. The number of hydrogen-bond donors (Lipinski definition) is 3. The van der Waals surface area contributed by atoms with Gasteiger partial charge in [0.2, 0.25) is 0 Å². The van der Waals surface area contributed by atoms with E-state index in [2.05, 4.69) is 0 Å². The van der Waals surface area contributed by atoms with E-state index >= 15 is 0 Å². The summed E-state index contributed by atoms with van der Waals surface area (Å²) in [5, 5.41) is 11.3. The molecule has 0 aromatic carbocycles. The largest absolute Gasteiger partial charge is 0.460 e. The smallest absolute Gasteiger partial charge is 0.363 e. The molecule has 0 aromatic rings. The molecule has 0 spiro atoms. The van der Waals surface area contributed by atoms with Gasteiger partial charge in [-0.2, -0.15) is 39.5 Å². The van der Waals surface area contributed by atoms with Gasteiger partial charge in [0.05, 0.1) is 0 Å². The van der Waals surface area contributed by atoms with Gasteiger partial charge in [0.25, 0.3) is 11.6 Å². The Labute approximate surface area is 111 Å². The summed E-state index contributed by atoms with van der Waals surface area (Å²) < 4.78 is 114. The molecule has 13 heteroatoms. The van der Waals surface area contributed by atoms with E-state index in [4.69, 9.17) is 5.11 Å². The van der Waals surface area contributed by atoms with E-state index in [1.54, 1.807) is 0 Å². The second kappa shape index (κ2) is 5.19. The van der Waals surface area contributed by atoms with Crippen LogP contribution in [0.5, 0.6) is 0 Å². The number of alkyl halides is 9. The molecule has 0 aliphatic heterocycles. The number of amides is 1. The lowest BCUT2D eigenvalue weighted by Gasteiger charge is -2.40. The minimum absolute atomic E-state index is 0.283. The second-order valence-corrected chi connectivity index (χ2v) is 3.76. The SMILES string of the molecule is CNC(=O)[C@](O)(NC)C(F)(F)C(F)(F)C(F)(F)C(F)(F)F. The van der Waals surface area contributed by atoms with Gasteiger partial charge in [-0.05, 0) is 7.05 Å². The first kappa shape index (κ1) is 19.8. The molecule has 0 aliphatic rings. The quantitative estimate of drug-likeness (QED) is 0.521. The second-order valence-electron chi connectivity index (χ2n) is 3.76. The minimum Gasteiger partial charge on any atom is -0.363 e. The lowest BCUT2D eigenvalue weighted by atomic mass is 9.93. The van der Waals surface area contributed by atoms with Crippen molar-refractivity contribution in [3.63, 3.8) is 0 Å². The lowest BCUT2D eigenvalue weighted by molar-refractivity contribution is -0.414. The maximum absolute atomic E-state index is 13.4. The molecule has 4 nitrogen and oxygen atoms in total. The average molecular weight is 336 g/mol. The Kier molecular flexibility index (Phi) is 4.89. The Bertz CT molecular complexity index is 409. The number of aliphatic hydroxyl groups is 1.